The van der Waals surface area contributed by atoms with Crippen molar-refractivity contribution in [2.24, 2.45) is 5.73 Å². The highest BCUT2D eigenvalue weighted by Crippen LogP contribution is 2.35. The molecule has 4 heterocycles. The summed E-state index contributed by atoms with van der Waals surface area (Å²) in [6, 6.07) is 3.98. The monoisotopic (exact) mass is 484 g/mol. The summed E-state index contributed by atoms with van der Waals surface area (Å²) in [4.78, 5) is 16.1. The standard InChI is InChI=1S/C26H34F2N6O/c1-35-23-17-21-22(16-19(23)6-4-12-32-10-2-3-11-32)30-25(33-14-8-26(27,28)9-15-33)31-24(21)34-13-5-7-20(29)18-34/h16-17,20H,2-3,5,7-15,18,29H2,1H3. The number of anilines is 2. The van der Waals surface area contributed by atoms with Gasteiger partial charge in [0.1, 0.15) is 11.6 Å². The van der Waals surface area contributed by atoms with Gasteiger partial charge in [0.2, 0.25) is 5.95 Å². The lowest BCUT2D eigenvalue weighted by Gasteiger charge is -2.35. The van der Waals surface area contributed by atoms with Crippen LogP contribution in [0.5, 0.6) is 5.75 Å². The molecule has 2 N–H and O–H groups in total. The van der Waals surface area contributed by atoms with E-state index in [4.69, 9.17) is 20.4 Å². The van der Waals surface area contributed by atoms with Gasteiger partial charge in [0.05, 0.1) is 24.7 Å². The zero-order valence-corrected chi connectivity index (χ0v) is 20.4. The lowest BCUT2D eigenvalue weighted by molar-refractivity contribution is -0.0222. The predicted molar refractivity (Wildman–Crippen MR) is 134 cm³/mol. The highest BCUT2D eigenvalue weighted by Gasteiger charge is 2.35. The van der Waals surface area contributed by atoms with Crippen molar-refractivity contribution < 1.29 is 13.5 Å². The van der Waals surface area contributed by atoms with E-state index in [2.05, 4.69) is 21.6 Å². The Hall–Kier alpha value is -2.70. The molecule has 35 heavy (non-hydrogen) atoms. The fourth-order valence-electron chi connectivity index (χ4n) is 5.20. The van der Waals surface area contributed by atoms with Crippen LogP contribution in [0.1, 0.15) is 44.1 Å². The summed E-state index contributed by atoms with van der Waals surface area (Å²) in [5.41, 5.74) is 7.79. The molecule has 0 aliphatic carbocycles. The molecule has 1 aromatic carbocycles. The second-order valence-electron chi connectivity index (χ2n) is 9.89. The van der Waals surface area contributed by atoms with E-state index in [0.717, 1.165) is 61.3 Å². The quantitative estimate of drug-likeness (QED) is 0.668. The number of likely N-dealkylation sites (tertiary alicyclic amines) is 1. The van der Waals surface area contributed by atoms with E-state index in [1.807, 2.05) is 17.0 Å². The minimum Gasteiger partial charge on any atom is -0.495 e. The van der Waals surface area contributed by atoms with Gasteiger partial charge in [-0.05, 0) is 50.9 Å². The van der Waals surface area contributed by atoms with Crippen molar-refractivity contribution in [3.8, 4) is 17.6 Å². The van der Waals surface area contributed by atoms with E-state index in [1.54, 1.807) is 7.11 Å². The van der Waals surface area contributed by atoms with E-state index in [9.17, 15) is 8.78 Å². The van der Waals surface area contributed by atoms with Crippen LogP contribution >= 0.6 is 0 Å². The van der Waals surface area contributed by atoms with Gasteiger partial charge in [-0.3, -0.25) is 4.90 Å². The highest BCUT2D eigenvalue weighted by atomic mass is 19.3. The molecule has 2 aromatic rings. The van der Waals surface area contributed by atoms with Gasteiger partial charge < -0.3 is 20.3 Å². The Morgan fingerprint density at radius 1 is 1.06 bits per heavy atom. The van der Waals surface area contributed by atoms with E-state index in [-0.39, 0.29) is 32.0 Å². The molecule has 3 saturated heterocycles. The number of ether oxygens (including phenoxy) is 1. The Labute approximate surface area is 205 Å². The molecule has 1 unspecified atom stereocenters. The Morgan fingerprint density at radius 2 is 1.83 bits per heavy atom. The molecule has 5 rings (SSSR count). The molecule has 7 nitrogen and oxygen atoms in total. The number of piperidine rings is 2. The number of rotatable bonds is 4. The van der Waals surface area contributed by atoms with Gasteiger partial charge >= 0.3 is 0 Å². The van der Waals surface area contributed by atoms with Gasteiger partial charge in [0.25, 0.3) is 5.92 Å². The van der Waals surface area contributed by atoms with Crippen LogP contribution in [-0.4, -0.2) is 79.8 Å². The number of nitrogens with two attached hydrogens (primary N) is 1. The Bertz CT molecular complexity index is 1110. The summed E-state index contributed by atoms with van der Waals surface area (Å²) >= 11 is 0. The first-order valence-corrected chi connectivity index (χ1v) is 12.7. The minimum atomic E-state index is -2.62. The first-order chi connectivity index (χ1) is 16.9. The fourth-order valence-corrected chi connectivity index (χ4v) is 5.20. The SMILES string of the molecule is COc1cc2c(N3CCCC(N)C3)nc(N3CCC(F)(F)CC3)nc2cc1C#CCN1CCCC1. The van der Waals surface area contributed by atoms with E-state index in [0.29, 0.717) is 18.2 Å². The van der Waals surface area contributed by atoms with Crippen molar-refractivity contribution in [2.75, 3.05) is 62.7 Å². The molecule has 3 fully saturated rings. The average molecular weight is 485 g/mol. The topological polar surface area (TPSA) is 70.8 Å². The molecular weight excluding hydrogens is 450 g/mol. The van der Waals surface area contributed by atoms with Crippen LogP contribution < -0.4 is 20.3 Å². The van der Waals surface area contributed by atoms with Crippen LogP contribution in [0.25, 0.3) is 10.9 Å². The van der Waals surface area contributed by atoms with Crippen LogP contribution in [0.15, 0.2) is 12.1 Å². The molecule has 3 aliphatic rings. The van der Waals surface area contributed by atoms with Crippen LogP contribution in [0.3, 0.4) is 0 Å². The zero-order valence-electron chi connectivity index (χ0n) is 20.4. The van der Waals surface area contributed by atoms with Gasteiger partial charge in [-0.1, -0.05) is 11.8 Å². The molecule has 3 aliphatic heterocycles. The third-order valence-electron chi connectivity index (χ3n) is 7.24. The van der Waals surface area contributed by atoms with Gasteiger partial charge in [-0.25, -0.2) is 13.8 Å². The normalized spacial score (nSPS) is 22.8. The van der Waals surface area contributed by atoms with Crippen molar-refractivity contribution >= 4 is 22.7 Å². The zero-order chi connectivity index (χ0) is 24.4. The third-order valence-corrected chi connectivity index (χ3v) is 7.24. The summed E-state index contributed by atoms with van der Waals surface area (Å²) in [6.45, 7) is 4.92. The maximum atomic E-state index is 13.8. The first-order valence-electron chi connectivity index (χ1n) is 12.7. The number of halogens is 2. The van der Waals surface area contributed by atoms with Crippen molar-refractivity contribution in [1.82, 2.24) is 14.9 Å². The Morgan fingerprint density at radius 3 is 2.54 bits per heavy atom. The van der Waals surface area contributed by atoms with Crippen molar-refractivity contribution in [1.29, 1.82) is 0 Å². The summed E-state index contributed by atoms with van der Waals surface area (Å²) in [5.74, 6) is 5.89. The second kappa shape index (κ2) is 10.1. The molecular formula is C26H34F2N6O. The number of benzene rings is 1. The van der Waals surface area contributed by atoms with Gasteiger partial charge in [-0.15, -0.1) is 0 Å². The molecule has 0 bridgehead atoms. The predicted octanol–water partition coefficient (Wildman–Crippen LogP) is 3.25. The van der Waals surface area contributed by atoms with Gasteiger partial charge in [-0.2, -0.15) is 4.98 Å². The van der Waals surface area contributed by atoms with E-state index >= 15 is 0 Å². The molecule has 0 saturated carbocycles. The third kappa shape index (κ3) is 5.44. The van der Waals surface area contributed by atoms with Gasteiger partial charge in [0.15, 0.2) is 0 Å². The number of alkyl halides is 2. The number of fused-ring (bicyclic) bond motifs is 1. The van der Waals surface area contributed by atoms with E-state index in [1.165, 1.54) is 12.8 Å². The van der Waals surface area contributed by atoms with Crippen LogP contribution in [0, 0.1) is 11.8 Å². The second-order valence-corrected chi connectivity index (χ2v) is 9.89. The molecule has 1 aromatic heterocycles. The van der Waals surface area contributed by atoms with Gasteiger partial charge in [0, 0.05) is 50.4 Å². The maximum Gasteiger partial charge on any atom is 0.251 e. The number of hydrogen-bond acceptors (Lipinski definition) is 7. The first kappa shape index (κ1) is 24.0. The highest BCUT2D eigenvalue weighted by molar-refractivity contribution is 5.93. The average Bonchev–Trinajstić information content (AvgIpc) is 3.36. The Kier molecular flexibility index (Phi) is 6.94. The minimum absolute atomic E-state index is 0.0727. The molecule has 0 amide bonds. The van der Waals surface area contributed by atoms with Crippen LogP contribution in [0.2, 0.25) is 0 Å². The van der Waals surface area contributed by atoms with Crippen LogP contribution in [0.4, 0.5) is 20.5 Å². The number of hydrogen-bond donors (Lipinski definition) is 1. The Balaban J connectivity index is 1.54. The largest absolute Gasteiger partial charge is 0.495 e. The van der Waals surface area contributed by atoms with Crippen molar-refractivity contribution in [2.45, 2.75) is 50.5 Å². The molecule has 0 radical (unpaired) electrons. The molecule has 188 valence electrons. The summed E-state index contributed by atoms with van der Waals surface area (Å²) < 4.78 is 33.3. The number of methoxy groups -OCH3 is 1. The number of nitrogens with zero attached hydrogens (tertiary/aromatic N) is 5. The smallest absolute Gasteiger partial charge is 0.251 e. The van der Waals surface area contributed by atoms with Crippen LogP contribution in [-0.2, 0) is 0 Å². The molecule has 1 atom stereocenters. The van der Waals surface area contributed by atoms with Crippen molar-refractivity contribution in [3.63, 3.8) is 0 Å². The summed E-state index contributed by atoms with van der Waals surface area (Å²) in [6.07, 6.45) is 4.04. The lowest BCUT2D eigenvalue weighted by Crippen LogP contribution is -2.44. The maximum absolute atomic E-state index is 13.8. The summed E-state index contributed by atoms with van der Waals surface area (Å²) in [7, 11) is 1.65. The lowest BCUT2D eigenvalue weighted by atomic mass is 10.0. The molecule has 9 heteroatoms. The summed E-state index contributed by atoms with van der Waals surface area (Å²) in [5, 5.41) is 0.868. The molecule has 0 spiro atoms. The number of aromatic nitrogens is 2. The van der Waals surface area contributed by atoms with Crippen molar-refractivity contribution in [3.05, 3.63) is 17.7 Å². The fraction of sp³-hybridized carbons (Fsp3) is 0.615. The van der Waals surface area contributed by atoms with E-state index < -0.39 is 5.92 Å².